The summed E-state index contributed by atoms with van der Waals surface area (Å²) in [5.41, 5.74) is 1.22. The molecule has 168 valence electrons. The highest BCUT2D eigenvalue weighted by Gasteiger charge is 2.28. The van der Waals surface area contributed by atoms with Crippen LogP contribution in [0, 0.1) is 18.3 Å². The van der Waals surface area contributed by atoms with Crippen LogP contribution in [0.4, 0.5) is 5.69 Å². The second-order valence-electron chi connectivity index (χ2n) is 7.21. The normalized spacial score (nSPS) is 15.2. The zero-order chi connectivity index (χ0) is 23.3. The number of carbonyl (C=O) groups excluding carboxylic acids is 1. The first-order chi connectivity index (χ1) is 15.2. The Morgan fingerprint density at radius 2 is 1.81 bits per heavy atom. The summed E-state index contributed by atoms with van der Waals surface area (Å²) in [5, 5.41) is 12.5. The lowest BCUT2D eigenvalue weighted by molar-refractivity contribution is -0.112. The van der Waals surface area contributed by atoms with Crippen molar-refractivity contribution in [2.75, 3.05) is 38.6 Å². The Hall–Kier alpha value is -3.06. The maximum Gasteiger partial charge on any atom is 0.267 e. The molecule has 1 heterocycles. The number of sulfonamides is 1. The van der Waals surface area contributed by atoms with E-state index in [9.17, 15) is 18.5 Å². The molecule has 0 bridgehead atoms. The lowest BCUT2D eigenvalue weighted by Crippen LogP contribution is -2.46. The molecule has 0 spiro atoms. The first-order valence-electron chi connectivity index (χ1n) is 9.82. The Labute approximate surface area is 192 Å². The van der Waals surface area contributed by atoms with E-state index >= 15 is 0 Å². The standard InChI is InChI=1S/C22H23ClN4O4S/c1-16-3-6-19(7-4-16)32(29,30)27-11-9-26(10-12-27)15-17(14-24)22(28)25-20-13-18(23)5-8-21(20)31-2/h3-8,13,15H,9-12H2,1-2H3,(H,25,28)/b17-15-. The van der Waals surface area contributed by atoms with E-state index in [2.05, 4.69) is 5.32 Å². The molecule has 32 heavy (non-hydrogen) atoms. The quantitative estimate of drug-likeness (QED) is 0.510. The first kappa shape index (κ1) is 23.6. The van der Waals surface area contributed by atoms with Gasteiger partial charge in [0.2, 0.25) is 10.0 Å². The van der Waals surface area contributed by atoms with Crippen LogP contribution in [-0.2, 0) is 14.8 Å². The number of methoxy groups -OCH3 is 1. The van der Waals surface area contributed by atoms with E-state index in [0.717, 1.165) is 5.56 Å². The largest absolute Gasteiger partial charge is 0.495 e. The summed E-state index contributed by atoms with van der Waals surface area (Å²) in [5.74, 6) is -0.197. The summed E-state index contributed by atoms with van der Waals surface area (Å²) in [6.07, 6.45) is 1.45. The third-order valence-corrected chi connectivity index (χ3v) is 7.17. The lowest BCUT2D eigenvalue weighted by Gasteiger charge is -2.33. The second kappa shape index (κ2) is 10.0. The number of nitrogens with zero attached hydrogens (tertiary/aromatic N) is 3. The number of rotatable bonds is 6. The summed E-state index contributed by atoms with van der Waals surface area (Å²) < 4.78 is 32.3. The number of hydrogen-bond acceptors (Lipinski definition) is 6. The zero-order valence-corrected chi connectivity index (χ0v) is 19.3. The van der Waals surface area contributed by atoms with Crippen molar-refractivity contribution < 1.29 is 17.9 Å². The van der Waals surface area contributed by atoms with Gasteiger partial charge < -0.3 is 15.0 Å². The Morgan fingerprint density at radius 3 is 2.41 bits per heavy atom. The van der Waals surface area contributed by atoms with Crippen LogP contribution in [0.25, 0.3) is 0 Å². The SMILES string of the molecule is COc1ccc(Cl)cc1NC(=O)/C(C#N)=C\N1CCN(S(=O)(=O)c2ccc(C)cc2)CC1. The van der Waals surface area contributed by atoms with E-state index in [1.807, 2.05) is 13.0 Å². The molecular weight excluding hydrogens is 452 g/mol. The molecule has 10 heteroatoms. The number of benzene rings is 2. The van der Waals surface area contributed by atoms with Gasteiger partial charge in [-0.2, -0.15) is 9.57 Å². The average Bonchev–Trinajstić information content (AvgIpc) is 2.78. The molecule has 1 saturated heterocycles. The maximum absolute atomic E-state index is 12.8. The smallest absolute Gasteiger partial charge is 0.267 e. The van der Waals surface area contributed by atoms with Gasteiger partial charge in [0.05, 0.1) is 17.7 Å². The number of amides is 1. The molecule has 0 aliphatic carbocycles. The van der Waals surface area contributed by atoms with Gasteiger partial charge in [0.15, 0.2) is 0 Å². The predicted molar refractivity (Wildman–Crippen MR) is 122 cm³/mol. The Kier molecular flexibility index (Phi) is 7.40. The monoisotopic (exact) mass is 474 g/mol. The molecule has 1 amide bonds. The van der Waals surface area contributed by atoms with Crippen LogP contribution in [0.2, 0.25) is 5.02 Å². The highest BCUT2D eigenvalue weighted by Crippen LogP contribution is 2.28. The van der Waals surface area contributed by atoms with Crippen molar-refractivity contribution in [2.24, 2.45) is 0 Å². The number of hydrogen-bond donors (Lipinski definition) is 1. The van der Waals surface area contributed by atoms with E-state index in [0.29, 0.717) is 29.5 Å². The van der Waals surface area contributed by atoms with E-state index < -0.39 is 15.9 Å². The summed E-state index contributed by atoms with van der Waals surface area (Å²) in [6.45, 7) is 3.09. The number of carbonyl (C=O) groups is 1. The van der Waals surface area contributed by atoms with Crippen LogP contribution in [0.15, 0.2) is 59.1 Å². The molecule has 8 nitrogen and oxygen atoms in total. The molecule has 0 radical (unpaired) electrons. The first-order valence-corrected chi connectivity index (χ1v) is 11.6. The van der Waals surface area contributed by atoms with Gasteiger partial charge >= 0.3 is 0 Å². The molecule has 1 fully saturated rings. The van der Waals surface area contributed by atoms with Gasteiger partial charge in [0.1, 0.15) is 17.4 Å². The number of nitriles is 1. The molecule has 1 aliphatic heterocycles. The van der Waals surface area contributed by atoms with Crippen LogP contribution in [0.1, 0.15) is 5.56 Å². The molecule has 2 aromatic carbocycles. The molecular formula is C22H23ClN4O4S. The van der Waals surface area contributed by atoms with E-state index in [1.165, 1.54) is 23.7 Å². The number of halogens is 1. The molecule has 1 N–H and O–H groups in total. The molecule has 2 aromatic rings. The number of nitrogens with one attached hydrogen (secondary N) is 1. The molecule has 1 aliphatic rings. The topological polar surface area (TPSA) is 103 Å². The summed E-state index contributed by atoms with van der Waals surface area (Å²) >= 11 is 5.98. The van der Waals surface area contributed by atoms with Crippen LogP contribution < -0.4 is 10.1 Å². The van der Waals surface area contributed by atoms with Gasteiger partial charge in [-0.1, -0.05) is 29.3 Å². The Bertz CT molecular complexity index is 1170. The van der Waals surface area contributed by atoms with Crippen molar-refractivity contribution in [2.45, 2.75) is 11.8 Å². The van der Waals surface area contributed by atoms with Gasteiger partial charge in [-0.15, -0.1) is 0 Å². The van der Waals surface area contributed by atoms with Crippen LogP contribution in [-0.4, -0.2) is 56.8 Å². The van der Waals surface area contributed by atoms with Crippen LogP contribution >= 0.6 is 11.6 Å². The van der Waals surface area contributed by atoms with Crippen molar-refractivity contribution >= 4 is 33.2 Å². The van der Waals surface area contributed by atoms with Crippen molar-refractivity contribution in [1.29, 1.82) is 5.26 Å². The minimum absolute atomic E-state index is 0.109. The third kappa shape index (κ3) is 5.40. The molecule has 0 saturated carbocycles. The van der Waals surface area contributed by atoms with Crippen LogP contribution in [0.5, 0.6) is 5.75 Å². The maximum atomic E-state index is 12.8. The second-order valence-corrected chi connectivity index (χ2v) is 9.58. The number of anilines is 1. The minimum Gasteiger partial charge on any atom is -0.495 e. The highest BCUT2D eigenvalue weighted by molar-refractivity contribution is 7.89. The highest BCUT2D eigenvalue weighted by atomic mass is 35.5. The fourth-order valence-corrected chi connectivity index (χ4v) is 4.81. The van der Waals surface area contributed by atoms with Crippen molar-refractivity contribution in [3.8, 4) is 11.8 Å². The van der Waals surface area contributed by atoms with Crippen molar-refractivity contribution in [1.82, 2.24) is 9.21 Å². The molecule has 3 rings (SSSR count). The summed E-state index contributed by atoms with van der Waals surface area (Å²) in [4.78, 5) is 14.6. The lowest BCUT2D eigenvalue weighted by atomic mass is 10.2. The molecule has 0 unspecified atom stereocenters. The number of aryl methyl sites for hydroxylation is 1. The van der Waals surface area contributed by atoms with Gasteiger partial charge in [-0.3, -0.25) is 4.79 Å². The predicted octanol–water partition coefficient (Wildman–Crippen LogP) is 3.01. The Balaban J connectivity index is 1.67. The van der Waals surface area contributed by atoms with Crippen molar-refractivity contribution in [3.63, 3.8) is 0 Å². The molecule has 0 atom stereocenters. The van der Waals surface area contributed by atoms with Gasteiger partial charge in [0.25, 0.3) is 5.91 Å². The van der Waals surface area contributed by atoms with Crippen LogP contribution in [0.3, 0.4) is 0 Å². The third-order valence-electron chi connectivity index (χ3n) is 5.02. The van der Waals surface area contributed by atoms with E-state index in [-0.39, 0.29) is 23.6 Å². The van der Waals surface area contributed by atoms with E-state index in [4.69, 9.17) is 16.3 Å². The van der Waals surface area contributed by atoms with Gasteiger partial charge in [-0.25, -0.2) is 8.42 Å². The fourth-order valence-electron chi connectivity index (χ4n) is 3.22. The zero-order valence-electron chi connectivity index (χ0n) is 17.7. The average molecular weight is 475 g/mol. The van der Waals surface area contributed by atoms with Crippen molar-refractivity contribution in [3.05, 3.63) is 64.8 Å². The number of piperazine rings is 1. The van der Waals surface area contributed by atoms with E-state index in [1.54, 1.807) is 41.3 Å². The number of ether oxygens (including phenoxy) is 1. The van der Waals surface area contributed by atoms with Gasteiger partial charge in [-0.05, 0) is 37.3 Å². The minimum atomic E-state index is -3.59. The molecule has 0 aromatic heterocycles. The van der Waals surface area contributed by atoms with Gasteiger partial charge in [0, 0.05) is 37.4 Å². The summed E-state index contributed by atoms with van der Waals surface area (Å²) in [6, 6.07) is 13.4. The Morgan fingerprint density at radius 1 is 1.16 bits per heavy atom. The fraction of sp³-hybridized carbons (Fsp3) is 0.273. The summed E-state index contributed by atoms with van der Waals surface area (Å²) in [7, 11) is -2.13.